The Morgan fingerprint density at radius 2 is 2.00 bits per heavy atom. The number of nitrogen functional groups attached to an aromatic ring is 1. The van der Waals surface area contributed by atoms with Crippen LogP contribution >= 0.6 is 0 Å². The van der Waals surface area contributed by atoms with E-state index in [-0.39, 0.29) is 17.3 Å². The number of H-pyrrole nitrogens is 1. The Hall–Kier alpha value is -2.63. The van der Waals surface area contributed by atoms with E-state index in [1.807, 2.05) is 18.2 Å². The topological polar surface area (TPSA) is 101 Å². The number of nitrogens with one attached hydrogen (secondary N) is 2. The van der Waals surface area contributed by atoms with E-state index in [1.165, 1.54) is 5.56 Å². The van der Waals surface area contributed by atoms with E-state index in [0.29, 0.717) is 12.8 Å². The lowest BCUT2D eigenvalue weighted by molar-refractivity contribution is 0.112. The zero-order valence-corrected chi connectivity index (χ0v) is 11.6. The van der Waals surface area contributed by atoms with Crippen LogP contribution in [0.5, 0.6) is 0 Å². The fourth-order valence-corrected chi connectivity index (χ4v) is 2.05. The van der Waals surface area contributed by atoms with Gasteiger partial charge in [-0.25, -0.2) is 0 Å². The molecule has 6 nitrogen and oxygen atoms in total. The third-order valence-electron chi connectivity index (χ3n) is 3.12. The second-order valence-electron chi connectivity index (χ2n) is 4.70. The molecule has 6 heteroatoms. The molecule has 1 heterocycles. The molecule has 0 spiro atoms. The first-order valence-electron chi connectivity index (χ1n) is 6.83. The van der Waals surface area contributed by atoms with Crippen molar-refractivity contribution in [3.63, 3.8) is 0 Å². The van der Waals surface area contributed by atoms with Crippen LogP contribution in [0.4, 0.5) is 11.8 Å². The van der Waals surface area contributed by atoms with E-state index in [9.17, 15) is 9.59 Å². The number of aryl methyl sites for hydroxylation is 1. The van der Waals surface area contributed by atoms with E-state index in [1.54, 1.807) is 0 Å². The van der Waals surface area contributed by atoms with E-state index >= 15 is 0 Å². The molecule has 0 amide bonds. The Balaban J connectivity index is 1.84. The number of aromatic nitrogens is 2. The van der Waals surface area contributed by atoms with Gasteiger partial charge >= 0.3 is 0 Å². The molecule has 4 N–H and O–H groups in total. The first-order chi connectivity index (χ1) is 10.2. The van der Waals surface area contributed by atoms with Crippen LogP contribution < -0.4 is 16.6 Å². The van der Waals surface area contributed by atoms with Crippen molar-refractivity contribution < 1.29 is 4.79 Å². The van der Waals surface area contributed by atoms with Crippen molar-refractivity contribution in [2.75, 3.05) is 17.6 Å². The molecule has 2 aromatic rings. The summed E-state index contributed by atoms with van der Waals surface area (Å²) in [6.07, 6.45) is 3.39. The molecular weight excluding hydrogens is 268 g/mol. The summed E-state index contributed by atoms with van der Waals surface area (Å²) in [5.74, 6) is 0.239. The normalized spacial score (nSPS) is 10.3. The van der Waals surface area contributed by atoms with Crippen LogP contribution in [0, 0.1) is 0 Å². The lowest BCUT2D eigenvalue weighted by Crippen LogP contribution is -2.20. The summed E-state index contributed by atoms with van der Waals surface area (Å²) in [5.41, 5.74) is 6.22. The van der Waals surface area contributed by atoms with Crippen LogP contribution in [0.25, 0.3) is 0 Å². The maximum absolute atomic E-state index is 11.5. The zero-order chi connectivity index (χ0) is 15.1. The van der Waals surface area contributed by atoms with Gasteiger partial charge in [-0.3, -0.25) is 14.6 Å². The van der Waals surface area contributed by atoms with Crippen LogP contribution in [-0.2, 0) is 6.42 Å². The number of aldehydes is 1. The van der Waals surface area contributed by atoms with Gasteiger partial charge in [-0.05, 0) is 24.8 Å². The number of unbranched alkanes of at least 4 members (excludes halogenated alkanes) is 1. The maximum atomic E-state index is 11.5. The number of nitrogens with zero attached hydrogens (tertiary/aromatic N) is 1. The highest BCUT2D eigenvalue weighted by molar-refractivity contribution is 5.82. The summed E-state index contributed by atoms with van der Waals surface area (Å²) >= 11 is 0. The predicted octanol–water partition coefficient (Wildman–Crippen LogP) is 1.60. The minimum absolute atomic E-state index is 0.00242. The Morgan fingerprint density at radius 3 is 2.71 bits per heavy atom. The highest BCUT2D eigenvalue weighted by atomic mass is 16.1. The van der Waals surface area contributed by atoms with Gasteiger partial charge < -0.3 is 11.1 Å². The molecule has 1 aromatic carbocycles. The molecule has 0 saturated carbocycles. The van der Waals surface area contributed by atoms with E-state index in [0.717, 1.165) is 19.3 Å². The van der Waals surface area contributed by atoms with E-state index in [2.05, 4.69) is 27.4 Å². The molecule has 0 radical (unpaired) electrons. The van der Waals surface area contributed by atoms with Crippen molar-refractivity contribution in [3.05, 3.63) is 51.8 Å². The molecule has 0 unspecified atom stereocenters. The molecule has 1 aromatic heterocycles. The fraction of sp³-hybridized carbons (Fsp3) is 0.267. The van der Waals surface area contributed by atoms with Crippen molar-refractivity contribution in [1.82, 2.24) is 9.97 Å². The van der Waals surface area contributed by atoms with Crippen LogP contribution in [0.2, 0.25) is 0 Å². The molecule has 0 aliphatic rings. The average Bonchev–Trinajstić information content (AvgIpc) is 2.47. The van der Waals surface area contributed by atoms with Gasteiger partial charge in [0.25, 0.3) is 5.56 Å². The Labute approximate surface area is 122 Å². The lowest BCUT2D eigenvalue weighted by Gasteiger charge is -2.08. The third-order valence-corrected chi connectivity index (χ3v) is 3.12. The standard InChI is InChI=1S/C15H18N4O2/c16-15-18-13(12(10-20)14(21)19-15)17-9-5-4-8-11-6-2-1-3-7-11/h1-3,6-7,10H,4-5,8-9H2,(H4,16,17,18,19,21). The Bertz CT molecular complexity index is 652. The summed E-state index contributed by atoms with van der Waals surface area (Å²) in [6, 6.07) is 10.2. The Morgan fingerprint density at radius 1 is 1.24 bits per heavy atom. The molecule has 0 atom stereocenters. The smallest absolute Gasteiger partial charge is 0.265 e. The first-order valence-corrected chi connectivity index (χ1v) is 6.83. The number of hydrogen-bond acceptors (Lipinski definition) is 5. The van der Waals surface area contributed by atoms with Crippen LogP contribution in [0.15, 0.2) is 35.1 Å². The van der Waals surface area contributed by atoms with Gasteiger partial charge in [-0.1, -0.05) is 30.3 Å². The number of rotatable bonds is 7. The molecule has 0 saturated heterocycles. The second kappa shape index (κ2) is 7.23. The van der Waals surface area contributed by atoms with Gasteiger partial charge in [0.2, 0.25) is 5.95 Å². The minimum atomic E-state index is -0.524. The number of hydrogen-bond donors (Lipinski definition) is 3. The number of aromatic amines is 1. The number of carbonyl (C=O) groups is 1. The monoisotopic (exact) mass is 286 g/mol. The molecule has 0 bridgehead atoms. The zero-order valence-electron chi connectivity index (χ0n) is 11.6. The third kappa shape index (κ3) is 4.17. The molecule has 110 valence electrons. The number of nitrogens with two attached hydrogens (primary N) is 1. The van der Waals surface area contributed by atoms with Gasteiger partial charge in [-0.15, -0.1) is 0 Å². The Kier molecular flexibility index (Phi) is 5.09. The fourth-order valence-electron chi connectivity index (χ4n) is 2.05. The minimum Gasteiger partial charge on any atom is -0.369 e. The van der Waals surface area contributed by atoms with Crippen LogP contribution in [0.3, 0.4) is 0 Å². The van der Waals surface area contributed by atoms with Crippen molar-refractivity contribution in [2.24, 2.45) is 0 Å². The summed E-state index contributed by atoms with van der Waals surface area (Å²) in [4.78, 5) is 28.6. The van der Waals surface area contributed by atoms with Crippen molar-refractivity contribution in [1.29, 1.82) is 0 Å². The molecule has 2 rings (SSSR count). The van der Waals surface area contributed by atoms with Gasteiger partial charge in [0.1, 0.15) is 11.4 Å². The molecular formula is C15H18N4O2. The van der Waals surface area contributed by atoms with Crippen LogP contribution in [-0.4, -0.2) is 22.8 Å². The largest absolute Gasteiger partial charge is 0.369 e. The summed E-state index contributed by atoms with van der Waals surface area (Å²) in [7, 11) is 0. The quantitative estimate of drug-likeness (QED) is 0.530. The number of anilines is 2. The van der Waals surface area contributed by atoms with Crippen molar-refractivity contribution in [3.8, 4) is 0 Å². The van der Waals surface area contributed by atoms with Crippen LogP contribution in [0.1, 0.15) is 28.8 Å². The predicted molar refractivity (Wildman–Crippen MR) is 82.5 cm³/mol. The van der Waals surface area contributed by atoms with Crippen molar-refractivity contribution >= 4 is 18.1 Å². The molecule has 0 fully saturated rings. The lowest BCUT2D eigenvalue weighted by atomic mass is 10.1. The van der Waals surface area contributed by atoms with E-state index in [4.69, 9.17) is 5.73 Å². The molecule has 21 heavy (non-hydrogen) atoms. The number of benzene rings is 1. The first kappa shape index (κ1) is 14.8. The van der Waals surface area contributed by atoms with Gasteiger partial charge in [0, 0.05) is 6.54 Å². The summed E-state index contributed by atoms with van der Waals surface area (Å²) in [5, 5.41) is 2.99. The number of carbonyl (C=O) groups excluding carboxylic acids is 1. The summed E-state index contributed by atoms with van der Waals surface area (Å²) < 4.78 is 0. The highest BCUT2D eigenvalue weighted by Crippen LogP contribution is 2.08. The average molecular weight is 286 g/mol. The van der Waals surface area contributed by atoms with E-state index < -0.39 is 5.56 Å². The molecule has 0 aliphatic heterocycles. The maximum Gasteiger partial charge on any atom is 0.265 e. The molecule has 0 aliphatic carbocycles. The van der Waals surface area contributed by atoms with Gasteiger partial charge in [0.05, 0.1) is 0 Å². The van der Waals surface area contributed by atoms with Gasteiger partial charge in [-0.2, -0.15) is 4.98 Å². The summed E-state index contributed by atoms with van der Waals surface area (Å²) in [6.45, 7) is 0.629. The highest BCUT2D eigenvalue weighted by Gasteiger charge is 2.08. The van der Waals surface area contributed by atoms with Gasteiger partial charge in [0.15, 0.2) is 6.29 Å². The van der Waals surface area contributed by atoms with Crippen molar-refractivity contribution in [2.45, 2.75) is 19.3 Å². The second-order valence-corrected chi connectivity index (χ2v) is 4.70. The SMILES string of the molecule is Nc1nc(NCCCCc2ccccc2)c(C=O)c(=O)[nH]1.